The fourth-order valence-corrected chi connectivity index (χ4v) is 1.43. The number of halogens is 1. The second kappa shape index (κ2) is 4.19. The minimum atomic E-state index is -0.359. The zero-order chi connectivity index (χ0) is 10.8. The number of nitrogen functional groups attached to an aromatic ring is 1. The molecule has 0 radical (unpaired) electrons. The van der Waals surface area contributed by atoms with Gasteiger partial charge in [0.05, 0.1) is 23.5 Å². The molecule has 0 amide bonds. The molecule has 1 aromatic rings. The average Bonchev–Trinajstić information content (AvgIpc) is 2.10. The largest absolute Gasteiger partial charge is 0.397 e. The van der Waals surface area contributed by atoms with E-state index in [1.54, 1.807) is 0 Å². The molecule has 0 aliphatic rings. The molecule has 0 fully saturated rings. The van der Waals surface area contributed by atoms with Crippen molar-refractivity contribution < 1.29 is 5.11 Å². The van der Waals surface area contributed by atoms with E-state index in [1.165, 1.54) is 0 Å². The van der Waals surface area contributed by atoms with E-state index in [-0.39, 0.29) is 12.1 Å². The van der Waals surface area contributed by atoms with Crippen LogP contribution in [0.15, 0.2) is 22.7 Å². The van der Waals surface area contributed by atoms with E-state index in [0.29, 0.717) is 5.69 Å². The van der Waals surface area contributed by atoms with E-state index >= 15 is 0 Å². The molecule has 0 spiro atoms. The van der Waals surface area contributed by atoms with E-state index in [4.69, 9.17) is 10.8 Å². The van der Waals surface area contributed by atoms with Gasteiger partial charge in [-0.15, -0.1) is 0 Å². The molecule has 3 nitrogen and oxygen atoms in total. The number of benzene rings is 1. The predicted octanol–water partition coefficient (Wildman–Crippen LogP) is 2.21. The first-order valence-corrected chi connectivity index (χ1v) is 5.18. The van der Waals surface area contributed by atoms with E-state index < -0.39 is 0 Å². The number of nitrogens with one attached hydrogen (secondary N) is 1. The van der Waals surface area contributed by atoms with Gasteiger partial charge in [-0.05, 0) is 32.0 Å². The van der Waals surface area contributed by atoms with Crippen molar-refractivity contribution in [1.82, 2.24) is 0 Å². The van der Waals surface area contributed by atoms with E-state index in [2.05, 4.69) is 21.2 Å². The third-order valence-electron chi connectivity index (χ3n) is 1.88. The van der Waals surface area contributed by atoms with Crippen molar-refractivity contribution >= 4 is 27.3 Å². The molecule has 4 heteroatoms. The first-order valence-electron chi connectivity index (χ1n) is 4.39. The topological polar surface area (TPSA) is 58.3 Å². The SMILES string of the molecule is CC(C)(CO)Nc1ccc(Br)cc1N. The van der Waals surface area contributed by atoms with Crippen LogP contribution in [0.2, 0.25) is 0 Å². The maximum absolute atomic E-state index is 9.09. The standard InChI is InChI=1S/C10H15BrN2O/c1-10(2,6-14)13-9-4-3-7(11)5-8(9)12/h3-5,13-14H,6,12H2,1-2H3. The highest BCUT2D eigenvalue weighted by Gasteiger charge is 2.16. The average molecular weight is 259 g/mol. The summed E-state index contributed by atoms with van der Waals surface area (Å²) in [6.45, 7) is 3.88. The molecular weight excluding hydrogens is 244 g/mol. The maximum Gasteiger partial charge on any atom is 0.0656 e. The van der Waals surface area contributed by atoms with Crippen molar-refractivity contribution in [2.45, 2.75) is 19.4 Å². The predicted molar refractivity (Wildman–Crippen MR) is 63.3 cm³/mol. The Labute approximate surface area is 92.4 Å². The van der Waals surface area contributed by atoms with Crippen LogP contribution in [0.5, 0.6) is 0 Å². The van der Waals surface area contributed by atoms with Gasteiger partial charge in [-0.25, -0.2) is 0 Å². The first kappa shape index (κ1) is 11.3. The van der Waals surface area contributed by atoms with Crippen molar-refractivity contribution in [2.75, 3.05) is 17.7 Å². The molecule has 1 rings (SSSR count). The highest BCUT2D eigenvalue weighted by atomic mass is 79.9. The van der Waals surface area contributed by atoms with E-state index in [1.807, 2.05) is 32.0 Å². The summed E-state index contributed by atoms with van der Waals surface area (Å²) in [6, 6.07) is 5.62. The van der Waals surface area contributed by atoms with Crippen LogP contribution in [0.1, 0.15) is 13.8 Å². The lowest BCUT2D eigenvalue weighted by atomic mass is 10.1. The number of anilines is 2. The third-order valence-corrected chi connectivity index (χ3v) is 2.38. The van der Waals surface area contributed by atoms with Crippen molar-refractivity contribution in [3.05, 3.63) is 22.7 Å². The Hall–Kier alpha value is -0.740. The van der Waals surface area contributed by atoms with Gasteiger partial charge < -0.3 is 16.2 Å². The van der Waals surface area contributed by atoms with Gasteiger partial charge in [0.2, 0.25) is 0 Å². The van der Waals surface area contributed by atoms with Gasteiger partial charge >= 0.3 is 0 Å². The van der Waals surface area contributed by atoms with Gasteiger partial charge in [0, 0.05) is 4.47 Å². The Morgan fingerprint density at radius 3 is 2.64 bits per heavy atom. The number of hydrogen-bond donors (Lipinski definition) is 3. The van der Waals surface area contributed by atoms with Crippen LogP contribution < -0.4 is 11.1 Å². The molecule has 0 saturated heterocycles. The molecule has 78 valence electrons. The fraction of sp³-hybridized carbons (Fsp3) is 0.400. The molecule has 4 N–H and O–H groups in total. The fourth-order valence-electron chi connectivity index (χ4n) is 1.05. The number of aliphatic hydroxyl groups is 1. The summed E-state index contributed by atoms with van der Waals surface area (Å²) in [5.41, 5.74) is 6.96. The van der Waals surface area contributed by atoms with Crippen molar-refractivity contribution in [1.29, 1.82) is 0 Å². The van der Waals surface area contributed by atoms with Crippen LogP contribution in [0.4, 0.5) is 11.4 Å². The van der Waals surface area contributed by atoms with Gasteiger partial charge in [-0.3, -0.25) is 0 Å². The normalized spacial score (nSPS) is 11.4. The van der Waals surface area contributed by atoms with Crippen molar-refractivity contribution in [2.24, 2.45) is 0 Å². The quantitative estimate of drug-likeness (QED) is 0.729. The Morgan fingerprint density at radius 1 is 1.50 bits per heavy atom. The lowest BCUT2D eigenvalue weighted by molar-refractivity contribution is 0.234. The third kappa shape index (κ3) is 2.89. The summed E-state index contributed by atoms with van der Waals surface area (Å²) in [7, 11) is 0. The Morgan fingerprint density at radius 2 is 2.14 bits per heavy atom. The van der Waals surface area contributed by atoms with Crippen LogP contribution in [0, 0.1) is 0 Å². The second-order valence-corrected chi connectivity index (χ2v) is 4.81. The number of hydrogen-bond acceptors (Lipinski definition) is 3. The maximum atomic E-state index is 9.09. The van der Waals surface area contributed by atoms with Crippen LogP contribution in [-0.2, 0) is 0 Å². The first-order chi connectivity index (χ1) is 6.44. The molecule has 0 aliphatic carbocycles. The Balaban J connectivity index is 2.87. The van der Waals surface area contributed by atoms with Gasteiger partial charge in [0.1, 0.15) is 0 Å². The highest BCUT2D eigenvalue weighted by Crippen LogP contribution is 2.25. The number of aliphatic hydroxyl groups excluding tert-OH is 1. The van der Waals surface area contributed by atoms with E-state index in [9.17, 15) is 0 Å². The van der Waals surface area contributed by atoms with Gasteiger partial charge in [0.15, 0.2) is 0 Å². The molecule has 0 unspecified atom stereocenters. The highest BCUT2D eigenvalue weighted by molar-refractivity contribution is 9.10. The minimum absolute atomic E-state index is 0.0580. The molecule has 0 saturated carbocycles. The lowest BCUT2D eigenvalue weighted by Gasteiger charge is -2.25. The van der Waals surface area contributed by atoms with Crippen molar-refractivity contribution in [3.8, 4) is 0 Å². The summed E-state index contributed by atoms with van der Waals surface area (Å²) in [6.07, 6.45) is 0. The smallest absolute Gasteiger partial charge is 0.0656 e. The molecule has 0 aromatic heterocycles. The van der Waals surface area contributed by atoms with Gasteiger partial charge in [0.25, 0.3) is 0 Å². The van der Waals surface area contributed by atoms with Gasteiger partial charge in [-0.1, -0.05) is 15.9 Å². The summed E-state index contributed by atoms with van der Waals surface area (Å²) < 4.78 is 0.947. The summed E-state index contributed by atoms with van der Waals surface area (Å²) in [4.78, 5) is 0. The summed E-state index contributed by atoms with van der Waals surface area (Å²) in [5.74, 6) is 0. The molecular formula is C10H15BrN2O. The minimum Gasteiger partial charge on any atom is -0.397 e. The molecule has 0 heterocycles. The molecule has 0 atom stereocenters. The Bertz CT molecular complexity index is 326. The number of nitrogens with two attached hydrogens (primary N) is 1. The number of rotatable bonds is 3. The van der Waals surface area contributed by atoms with Crippen molar-refractivity contribution in [3.63, 3.8) is 0 Å². The van der Waals surface area contributed by atoms with Gasteiger partial charge in [-0.2, -0.15) is 0 Å². The van der Waals surface area contributed by atoms with E-state index in [0.717, 1.165) is 10.2 Å². The summed E-state index contributed by atoms with van der Waals surface area (Å²) >= 11 is 3.34. The van der Waals surface area contributed by atoms with Crippen LogP contribution in [-0.4, -0.2) is 17.3 Å². The monoisotopic (exact) mass is 258 g/mol. The van der Waals surface area contributed by atoms with Crippen LogP contribution >= 0.6 is 15.9 Å². The molecule has 0 aliphatic heterocycles. The van der Waals surface area contributed by atoms with Crippen LogP contribution in [0.25, 0.3) is 0 Å². The zero-order valence-corrected chi connectivity index (χ0v) is 9.93. The lowest BCUT2D eigenvalue weighted by Crippen LogP contribution is -2.35. The molecule has 0 bridgehead atoms. The summed E-state index contributed by atoms with van der Waals surface area (Å²) in [5, 5.41) is 12.3. The Kier molecular flexibility index (Phi) is 3.39. The zero-order valence-electron chi connectivity index (χ0n) is 8.34. The second-order valence-electron chi connectivity index (χ2n) is 3.90. The van der Waals surface area contributed by atoms with Crippen LogP contribution in [0.3, 0.4) is 0 Å². The molecule has 1 aromatic carbocycles. The molecule has 14 heavy (non-hydrogen) atoms.